The number of nitrogens with one attached hydrogen (secondary N) is 4. The number of primary amides is 2. The summed E-state index contributed by atoms with van der Waals surface area (Å²) in [5.74, 6) is -4.92. The molecule has 0 radical (unpaired) electrons. The van der Waals surface area contributed by atoms with Gasteiger partial charge in [0.1, 0.15) is 18.1 Å². The number of hydrogen-bond donors (Lipinski definition) is 7. The minimum Gasteiger partial charge on any atom is -0.480 e. The van der Waals surface area contributed by atoms with Crippen molar-refractivity contribution in [2.24, 2.45) is 11.5 Å². The molecule has 1 aliphatic rings. The number of amides is 5. The first-order valence-electron chi connectivity index (χ1n) is 9.98. The van der Waals surface area contributed by atoms with E-state index in [2.05, 4.69) is 21.3 Å². The zero-order chi connectivity index (χ0) is 24.3. The number of nitrogens with two attached hydrogens (primary N) is 2. The van der Waals surface area contributed by atoms with Crippen LogP contribution in [0, 0.1) is 0 Å². The van der Waals surface area contributed by atoms with Crippen LogP contribution in [0.2, 0.25) is 0 Å². The third-order valence-electron chi connectivity index (χ3n) is 4.68. The second-order valence-corrected chi connectivity index (χ2v) is 8.28. The fourth-order valence-corrected chi connectivity index (χ4v) is 3.51. The second kappa shape index (κ2) is 13.5. The van der Waals surface area contributed by atoms with Crippen molar-refractivity contribution in [1.82, 2.24) is 21.3 Å². The van der Waals surface area contributed by atoms with Gasteiger partial charge in [-0.05, 0) is 37.8 Å². The Kier molecular flexibility index (Phi) is 11.5. The number of carboxylic acids is 1. The van der Waals surface area contributed by atoms with Crippen LogP contribution in [0.15, 0.2) is 0 Å². The van der Waals surface area contributed by atoms with Gasteiger partial charge in [0, 0.05) is 0 Å². The maximum atomic E-state index is 12.8. The number of thioether (sulfide) groups is 1. The van der Waals surface area contributed by atoms with Gasteiger partial charge in [-0.2, -0.15) is 11.8 Å². The molecule has 1 saturated heterocycles. The Balaban J connectivity index is 2.91. The highest BCUT2D eigenvalue weighted by Crippen LogP contribution is 2.07. The fourth-order valence-electron chi connectivity index (χ4n) is 3.04. The first kappa shape index (κ1) is 27.2. The normalized spacial score (nSPS) is 18.1. The van der Waals surface area contributed by atoms with Crippen LogP contribution >= 0.6 is 11.8 Å². The van der Waals surface area contributed by atoms with Gasteiger partial charge in [0.05, 0.1) is 18.9 Å². The standard InChI is InChI=1S/C18H30N6O7S/c1-32-6-4-10(16(28)24-12(18(30)31)8-14(20)26)22-17(29)11(7-13(19)25)23-15(27)9-3-2-5-21-9/h9-12,21H,2-8H2,1H3,(H2,19,25)(H2,20,26)(H,22,29)(H,23,27)(H,24,28)(H,30,31). The highest BCUT2D eigenvalue weighted by atomic mass is 32.2. The van der Waals surface area contributed by atoms with Crippen molar-refractivity contribution in [2.45, 2.75) is 56.3 Å². The zero-order valence-electron chi connectivity index (χ0n) is 17.7. The summed E-state index contributed by atoms with van der Waals surface area (Å²) in [7, 11) is 0. The van der Waals surface area contributed by atoms with E-state index in [-0.39, 0.29) is 6.42 Å². The Bertz CT molecular complexity index is 729. The van der Waals surface area contributed by atoms with Gasteiger partial charge >= 0.3 is 5.97 Å². The average Bonchev–Trinajstić information content (AvgIpc) is 3.24. The molecule has 4 atom stereocenters. The van der Waals surface area contributed by atoms with E-state index < -0.39 is 72.5 Å². The largest absolute Gasteiger partial charge is 0.480 e. The summed E-state index contributed by atoms with van der Waals surface area (Å²) in [6.45, 7) is 0.651. The van der Waals surface area contributed by atoms with Gasteiger partial charge in [-0.1, -0.05) is 0 Å². The van der Waals surface area contributed by atoms with Crippen LogP contribution in [-0.2, 0) is 28.8 Å². The van der Waals surface area contributed by atoms with Crippen LogP contribution in [0.4, 0.5) is 0 Å². The highest BCUT2D eigenvalue weighted by Gasteiger charge is 2.32. The smallest absolute Gasteiger partial charge is 0.326 e. The molecule has 0 aliphatic carbocycles. The molecule has 180 valence electrons. The van der Waals surface area contributed by atoms with Crippen molar-refractivity contribution >= 4 is 47.3 Å². The number of aliphatic carboxylic acids is 1. The maximum Gasteiger partial charge on any atom is 0.326 e. The van der Waals surface area contributed by atoms with Gasteiger partial charge in [0.2, 0.25) is 29.5 Å². The van der Waals surface area contributed by atoms with Crippen LogP contribution in [-0.4, -0.2) is 83.3 Å². The molecule has 0 aromatic rings. The summed E-state index contributed by atoms with van der Waals surface area (Å²) >= 11 is 1.38. The van der Waals surface area contributed by atoms with E-state index in [4.69, 9.17) is 11.5 Å². The lowest BCUT2D eigenvalue weighted by atomic mass is 10.1. The molecular formula is C18H30N6O7S. The molecule has 4 unspecified atom stereocenters. The number of carbonyl (C=O) groups excluding carboxylic acids is 5. The summed E-state index contributed by atoms with van der Waals surface area (Å²) < 4.78 is 0. The van der Waals surface area contributed by atoms with E-state index in [1.165, 1.54) is 11.8 Å². The molecule has 14 heteroatoms. The Hall–Kier alpha value is -2.87. The molecule has 32 heavy (non-hydrogen) atoms. The minimum atomic E-state index is -1.57. The van der Waals surface area contributed by atoms with E-state index in [0.717, 1.165) is 6.42 Å². The molecule has 9 N–H and O–H groups in total. The Morgan fingerprint density at radius 3 is 2.03 bits per heavy atom. The first-order chi connectivity index (χ1) is 15.0. The quantitative estimate of drug-likeness (QED) is 0.134. The molecule has 1 rings (SSSR count). The topological polar surface area (TPSA) is 223 Å². The molecule has 0 bridgehead atoms. The number of carbonyl (C=O) groups is 6. The Morgan fingerprint density at radius 2 is 1.53 bits per heavy atom. The minimum absolute atomic E-state index is 0.128. The summed E-state index contributed by atoms with van der Waals surface area (Å²) in [6.07, 6.45) is 2.15. The number of carboxylic acid groups (broad SMARTS) is 1. The summed E-state index contributed by atoms with van der Waals surface area (Å²) in [6, 6.07) is -4.56. The van der Waals surface area contributed by atoms with Crippen molar-refractivity contribution in [3.63, 3.8) is 0 Å². The van der Waals surface area contributed by atoms with E-state index >= 15 is 0 Å². The van der Waals surface area contributed by atoms with Crippen molar-refractivity contribution in [1.29, 1.82) is 0 Å². The van der Waals surface area contributed by atoms with Crippen molar-refractivity contribution in [2.75, 3.05) is 18.6 Å². The van der Waals surface area contributed by atoms with Gasteiger partial charge in [0.15, 0.2) is 0 Å². The van der Waals surface area contributed by atoms with Crippen LogP contribution in [0.25, 0.3) is 0 Å². The van der Waals surface area contributed by atoms with Crippen LogP contribution in [0.3, 0.4) is 0 Å². The molecule has 5 amide bonds. The van der Waals surface area contributed by atoms with Crippen molar-refractivity contribution in [3.8, 4) is 0 Å². The predicted molar refractivity (Wildman–Crippen MR) is 115 cm³/mol. The van der Waals surface area contributed by atoms with E-state index in [1.807, 2.05) is 0 Å². The third kappa shape index (κ3) is 9.51. The SMILES string of the molecule is CSCCC(NC(=O)C(CC(N)=O)NC(=O)C1CCCN1)C(=O)NC(CC(N)=O)C(=O)O. The lowest BCUT2D eigenvalue weighted by Gasteiger charge is -2.24. The summed E-state index contributed by atoms with van der Waals surface area (Å²) in [5, 5.41) is 19.2. The number of rotatable bonds is 14. The average molecular weight is 475 g/mol. The summed E-state index contributed by atoms with van der Waals surface area (Å²) in [4.78, 5) is 71.5. The van der Waals surface area contributed by atoms with E-state index in [0.29, 0.717) is 18.7 Å². The van der Waals surface area contributed by atoms with Crippen LogP contribution < -0.4 is 32.7 Å². The van der Waals surface area contributed by atoms with E-state index in [9.17, 15) is 33.9 Å². The monoisotopic (exact) mass is 474 g/mol. The van der Waals surface area contributed by atoms with Gasteiger partial charge in [-0.3, -0.25) is 24.0 Å². The highest BCUT2D eigenvalue weighted by molar-refractivity contribution is 7.98. The summed E-state index contributed by atoms with van der Waals surface area (Å²) in [5.41, 5.74) is 10.2. The van der Waals surface area contributed by atoms with Crippen molar-refractivity contribution in [3.05, 3.63) is 0 Å². The lowest BCUT2D eigenvalue weighted by molar-refractivity contribution is -0.143. The molecule has 0 aromatic heterocycles. The third-order valence-corrected chi connectivity index (χ3v) is 5.32. The molecular weight excluding hydrogens is 444 g/mol. The molecule has 0 aromatic carbocycles. The first-order valence-corrected chi connectivity index (χ1v) is 11.4. The molecule has 1 fully saturated rings. The molecule has 1 aliphatic heterocycles. The van der Waals surface area contributed by atoms with Crippen LogP contribution in [0.5, 0.6) is 0 Å². The fraction of sp³-hybridized carbons (Fsp3) is 0.667. The zero-order valence-corrected chi connectivity index (χ0v) is 18.5. The molecule has 0 saturated carbocycles. The van der Waals surface area contributed by atoms with Crippen molar-refractivity contribution < 1.29 is 33.9 Å². The number of hydrogen-bond acceptors (Lipinski definition) is 8. The lowest BCUT2D eigenvalue weighted by Crippen LogP contribution is -2.58. The maximum absolute atomic E-state index is 12.8. The Morgan fingerprint density at radius 1 is 0.969 bits per heavy atom. The molecule has 1 heterocycles. The van der Waals surface area contributed by atoms with Crippen LogP contribution in [0.1, 0.15) is 32.1 Å². The molecule has 13 nitrogen and oxygen atoms in total. The van der Waals surface area contributed by atoms with Gasteiger partial charge < -0.3 is 37.8 Å². The predicted octanol–water partition coefficient (Wildman–Crippen LogP) is -3.22. The van der Waals surface area contributed by atoms with Gasteiger partial charge in [-0.25, -0.2) is 4.79 Å². The molecule has 0 spiro atoms. The van der Waals surface area contributed by atoms with Gasteiger partial charge in [-0.15, -0.1) is 0 Å². The Labute approximate surface area is 189 Å². The van der Waals surface area contributed by atoms with Gasteiger partial charge in [0.25, 0.3) is 0 Å². The second-order valence-electron chi connectivity index (χ2n) is 7.29. The van der Waals surface area contributed by atoms with E-state index in [1.54, 1.807) is 6.26 Å².